The first kappa shape index (κ1) is 26.7. The summed E-state index contributed by atoms with van der Waals surface area (Å²) in [6.07, 6.45) is 6.57. The third kappa shape index (κ3) is 5.98. The molecule has 5 aromatic rings. The molecule has 1 amide bonds. The van der Waals surface area contributed by atoms with E-state index in [4.69, 9.17) is 10.2 Å². The van der Waals surface area contributed by atoms with Crippen LogP contribution in [-0.4, -0.2) is 48.1 Å². The van der Waals surface area contributed by atoms with Crippen LogP contribution in [0.3, 0.4) is 0 Å². The van der Waals surface area contributed by atoms with E-state index in [1.165, 1.54) is 22.0 Å². The van der Waals surface area contributed by atoms with Crippen LogP contribution in [0.1, 0.15) is 40.1 Å². The van der Waals surface area contributed by atoms with Gasteiger partial charge in [0.25, 0.3) is 5.91 Å². The number of hydrogen-bond donors (Lipinski definition) is 1. The minimum absolute atomic E-state index is 0.198. The Balaban J connectivity index is 1.02. The Bertz CT molecular complexity index is 1700. The van der Waals surface area contributed by atoms with Crippen molar-refractivity contribution in [2.45, 2.75) is 32.2 Å². The SMILES string of the molecule is N#Cc1ccc2c(c1)c(CCCCN1CCN(c3ccc4oc(C(N)=O)cc4c3)CC1)cn2CCc1ccccc1. The highest BCUT2D eigenvalue weighted by atomic mass is 16.3. The normalized spacial score (nSPS) is 14.1. The second kappa shape index (κ2) is 11.9. The van der Waals surface area contributed by atoms with Gasteiger partial charge in [-0.2, -0.15) is 5.26 Å². The highest BCUT2D eigenvalue weighted by molar-refractivity contribution is 5.95. The monoisotopic (exact) mass is 545 g/mol. The lowest BCUT2D eigenvalue weighted by Gasteiger charge is -2.36. The Kier molecular flexibility index (Phi) is 7.75. The number of carbonyl (C=O) groups is 1. The lowest BCUT2D eigenvalue weighted by Crippen LogP contribution is -2.46. The molecule has 1 saturated heterocycles. The number of anilines is 1. The van der Waals surface area contributed by atoms with E-state index < -0.39 is 5.91 Å². The first-order chi connectivity index (χ1) is 20.1. The third-order valence-corrected chi connectivity index (χ3v) is 8.23. The van der Waals surface area contributed by atoms with E-state index in [0.29, 0.717) is 5.58 Å². The van der Waals surface area contributed by atoms with Crippen molar-refractivity contribution in [1.29, 1.82) is 5.26 Å². The van der Waals surface area contributed by atoms with Gasteiger partial charge in [0.15, 0.2) is 5.76 Å². The van der Waals surface area contributed by atoms with E-state index in [-0.39, 0.29) is 5.76 Å². The molecular weight excluding hydrogens is 510 g/mol. The fourth-order valence-electron chi connectivity index (χ4n) is 5.95. The van der Waals surface area contributed by atoms with E-state index >= 15 is 0 Å². The van der Waals surface area contributed by atoms with Gasteiger partial charge in [-0.25, -0.2) is 0 Å². The number of nitrogens with two attached hydrogens (primary N) is 1. The zero-order valence-corrected chi connectivity index (χ0v) is 23.3. The molecule has 0 radical (unpaired) electrons. The summed E-state index contributed by atoms with van der Waals surface area (Å²) < 4.78 is 7.88. The first-order valence-corrected chi connectivity index (χ1v) is 14.4. The molecule has 7 heteroatoms. The van der Waals surface area contributed by atoms with Crippen LogP contribution in [0, 0.1) is 11.3 Å². The number of nitriles is 1. The van der Waals surface area contributed by atoms with Crippen LogP contribution in [-0.2, 0) is 19.4 Å². The minimum Gasteiger partial charge on any atom is -0.451 e. The maximum Gasteiger partial charge on any atom is 0.284 e. The molecule has 1 aliphatic rings. The maximum absolute atomic E-state index is 11.4. The van der Waals surface area contributed by atoms with Crippen LogP contribution in [0.2, 0.25) is 0 Å². The van der Waals surface area contributed by atoms with Crippen molar-refractivity contribution >= 4 is 33.5 Å². The molecule has 7 nitrogen and oxygen atoms in total. The first-order valence-electron chi connectivity index (χ1n) is 14.4. The summed E-state index contributed by atoms with van der Waals surface area (Å²) in [6, 6.07) is 26.8. The fourth-order valence-corrected chi connectivity index (χ4v) is 5.95. The second-order valence-electron chi connectivity index (χ2n) is 10.9. The number of benzene rings is 3. The molecule has 0 atom stereocenters. The average Bonchev–Trinajstić information content (AvgIpc) is 3.60. The molecule has 0 unspecified atom stereocenters. The van der Waals surface area contributed by atoms with Crippen molar-refractivity contribution in [3.05, 3.63) is 101 Å². The predicted octanol–water partition coefficient (Wildman–Crippen LogP) is 5.75. The van der Waals surface area contributed by atoms with Crippen molar-refractivity contribution in [2.75, 3.05) is 37.6 Å². The number of carbonyl (C=O) groups excluding carboxylic acids is 1. The number of hydrogen-bond acceptors (Lipinski definition) is 5. The number of primary amides is 1. The number of nitrogens with zero attached hydrogens (tertiary/aromatic N) is 4. The van der Waals surface area contributed by atoms with E-state index in [1.807, 2.05) is 12.1 Å². The Hall–Kier alpha value is -4.54. The topological polar surface area (TPSA) is 91.4 Å². The summed E-state index contributed by atoms with van der Waals surface area (Å²) in [4.78, 5) is 16.4. The Morgan fingerprint density at radius 1 is 0.902 bits per heavy atom. The minimum atomic E-state index is -0.544. The molecule has 1 fully saturated rings. The number of unbranched alkanes of at least 4 members (excludes halogenated alkanes) is 1. The largest absolute Gasteiger partial charge is 0.451 e. The van der Waals surface area contributed by atoms with Crippen LogP contribution in [0.5, 0.6) is 0 Å². The van der Waals surface area contributed by atoms with Gasteiger partial charge < -0.3 is 19.6 Å². The average molecular weight is 546 g/mol. The van der Waals surface area contributed by atoms with Crippen LogP contribution < -0.4 is 10.6 Å². The van der Waals surface area contributed by atoms with E-state index in [1.54, 1.807) is 6.07 Å². The van der Waals surface area contributed by atoms with Crippen molar-refractivity contribution in [1.82, 2.24) is 9.47 Å². The molecule has 2 aromatic heterocycles. The van der Waals surface area contributed by atoms with Gasteiger partial charge in [-0.15, -0.1) is 0 Å². The van der Waals surface area contributed by atoms with Crippen LogP contribution in [0.25, 0.3) is 21.9 Å². The number of rotatable bonds is 10. The highest BCUT2D eigenvalue weighted by Crippen LogP contribution is 2.27. The molecule has 1 aliphatic heterocycles. The van der Waals surface area contributed by atoms with Crippen LogP contribution in [0.15, 0.2) is 83.4 Å². The third-order valence-electron chi connectivity index (χ3n) is 8.23. The Morgan fingerprint density at radius 2 is 1.73 bits per heavy atom. The standard InChI is InChI=1S/C34H35N5O2/c35-23-26-9-11-31-30(20-26)27(24-39(31)15-13-25-6-2-1-3-7-25)8-4-5-14-37-16-18-38(19-17-37)29-10-12-32-28(21-29)22-33(41-32)34(36)40/h1-3,6-7,9-12,20-22,24H,4-5,8,13-19H2,(H2,36,40). The van der Waals surface area contributed by atoms with Crippen molar-refractivity contribution in [3.8, 4) is 6.07 Å². The number of fused-ring (bicyclic) bond motifs is 2. The molecule has 0 saturated carbocycles. The van der Waals surface area contributed by atoms with E-state index in [2.05, 4.69) is 81.2 Å². The lowest BCUT2D eigenvalue weighted by molar-refractivity contribution is 0.0976. The van der Waals surface area contributed by atoms with E-state index in [0.717, 1.165) is 81.6 Å². The Labute approximate surface area is 240 Å². The summed E-state index contributed by atoms with van der Waals surface area (Å²) >= 11 is 0. The fraction of sp³-hybridized carbons (Fsp3) is 0.294. The summed E-state index contributed by atoms with van der Waals surface area (Å²) in [5, 5.41) is 11.6. The number of aryl methyl sites for hydroxylation is 3. The molecule has 3 heterocycles. The zero-order valence-electron chi connectivity index (χ0n) is 23.3. The second-order valence-corrected chi connectivity index (χ2v) is 10.9. The van der Waals surface area contributed by atoms with Crippen LogP contribution in [0.4, 0.5) is 5.69 Å². The molecule has 3 aromatic carbocycles. The van der Waals surface area contributed by atoms with Gasteiger partial charge in [-0.1, -0.05) is 30.3 Å². The van der Waals surface area contributed by atoms with Crippen molar-refractivity contribution in [2.24, 2.45) is 5.73 Å². The summed E-state index contributed by atoms with van der Waals surface area (Å²) in [5.74, 6) is -0.346. The molecule has 208 valence electrons. The van der Waals surface area contributed by atoms with Crippen molar-refractivity contribution in [3.63, 3.8) is 0 Å². The summed E-state index contributed by atoms with van der Waals surface area (Å²) in [6.45, 7) is 6.01. The lowest BCUT2D eigenvalue weighted by atomic mass is 10.0. The van der Waals surface area contributed by atoms with Gasteiger partial charge in [0, 0.05) is 60.9 Å². The smallest absolute Gasteiger partial charge is 0.284 e. The highest BCUT2D eigenvalue weighted by Gasteiger charge is 2.18. The maximum atomic E-state index is 11.4. The zero-order chi connectivity index (χ0) is 28.2. The molecule has 41 heavy (non-hydrogen) atoms. The van der Waals surface area contributed by atoms with Gasteiger partial charge in [0.05, 0.1) is 11.6 Å². The number of aromatic nitrogens is 1. The van der Waals surface area contributed by atoms with Gasteiger partial charge in [-0.3, -0.25) is 9.69 Å². The molecule has 2 N–H and O–H groups in total. The van der Waals surface area contributed by atoms with Gasteiger partial charge in [-0.05, 0) is 85.8 Å². The van der Waals surface area contributed by atoms with Gasteiger partial charge >= 0.3 is 0 Å². The molecule has 6 rings (SSSR count). The van der Waals surface area contributed by atoms with E-state index in [9.17, 15) is 10.1 Å². The molecular formula is C34H35N5O2. The number of amides is 1. The summed E-state index contributed by atoms with van der Waals surface area (Å²) in [5.41, 5.74) is 11.8. The molecule has 0 aliphatic carbocycles. The molecule has 0 bridgehead atoms. The van der Waals surface area contributed by atoms with Gasteiger partial charge in [0.1, 0.15) is 5.58 Å². The van der Waals surface area contributed by atoms with Crippen molar-refractivity contribution < 1.29 is 9.21 Å². The number of piperazine rings is 1. The number of furan rings is 1. The predicted molar refractivity (Wildman–Crippen MR) is 163 cm³/mol. The van der Waals surface area contributed by atoms with Gasteiger partial charge in [0.2, 0.25) is 0 Å². The van der Waals surface area contributed by atoms with Crippen LogP contribution >= 0.6 is 0 Å². The quantitative estimate of drug-likeness (QED) is 0.226. The Morgan fingerprint density at radius 3 is 2.51 bits per heavy atom. The summed E-state index contributed by atoms with van der Waals surface area (Å²) in [7, 11) is 0. The molecule has 0 spiro atoms.